The van der Waals surface area contributed by atoms with Gasteiger partial charge in [-0.3, -0.25) is 4.90 Å². The average molecular weight is 309 g/mol. The number of rotatable bonds is 6. The lowest BCUT2D eigenvalue weighted by molar-refractivity contribution is 0.258. The van der Waals surface area contributed by atoms with Gasteiger partial charge in [-0.25, -0.2) is 4.98 Å². The molecule has 0 bridgehead atoms. The van der Waals surface area contributed by atoms with Gasteiger partial charge in [-0.1, -0.05) is 18.5 Å². The molecule has 0 radical (unpaired) electrons. The molecule has 0 spiro atoms. The molecule has 1 saturated heterocycles. The number of pyridine rings is 1. The van der Waals surface area contributed by atoms with E-state index in [2.05, 4.69) is 28.1 Å². The van der Waals surface area contributed by atoms with E-state index in [1.54, 1.807) is 0 Å². The maximum absolute atomic E-state index is 6.27. The van der Waals surface area contributed by atoms with Crippen molar-refractivity contribution in [2.75, 3.05) is 37.6 Å². The Morgan fingerprint density at radius 2 is 2.00 bits per heavy atom. The van der Waals surface area contributed by atoms with Crippen molar-refractivity contribution in [2.24, 2.45) is 0 Å². The lowest BCUT2D eigenvalue weighted by Crippen LogP contribution is -2.46. The monoisotopic (exact) mass is 308 g/mol. The highest BCUT2D eigenvalue weighted by Gasteiger charge is 2.22. The molecule has 1 aromatic heterocycles. The molecule has 2 fully saturated rings. The van der Waals surface area contributed by atoms with Crippen LogP contribution < -0.4 is 10.2 Å². The summed E-state index contributed by atoms with van der Waals surface area (Å²) in [5.74, 6) is 1.07. The number of halogens is 1. The smallest absolute Gasteiger partial charge is 0.129 e. The summed E-state index contributed by atoms with van der Waals surface area (Å²) in [5.41, 5.74) is 0.983. The Kier molecular flexibility index (Phi) is 4.99. The molecule has 0 aromatic carbocycles. The first-order valence-corrected chi connectivity index (χ1v) is 8.50. The van der Waals surface area contributed by atoms with Crippen molar-refractivity contribution in [1.29, 1.82) is 0 Å². The summed E-state index contributed by atoms with van der Waals surface area (Å²) >= 11 is 6.27. The van der Waals surface area contributed by atoms with E-state index in [0.29, 0.717) is 6.04 Å². The molecule has 1 aliphatic heterocycles. The van der Waals surface area contributed by atoms with E-state index in [-0.39, 0.29) is 0 Å². The minimum atomic E-state index is 0.684. The van der Waals surface area contributed by atoms with Crippen LogP contribution in [0.1, 0.15) is 31.9 Å². The topological polar surface area (TPSA) is 31.4 Å². The van der Waals surface area contributed by atoms with Crippen LogP contribution in [0.15, 0.2) is 12.1 Å². The number of nitrogens with zero attached hydrogens (tertiary/aromatic N) is 3. The maximum Gasteiger partial charge on any atom is 0.129 e. The van der Waals surface area contributed by atoms with Crippen LogP contribution in [-0.4, -0.2) is 48.6 Å². The Bertz CT molecular complexity index is 467. The molecule has 3 rings (SSSR count). The predicted octanol–water partition coefficient (Wildman–Crippen LogP) is 2.52. The fourth-order valence-corrected chi connectivity index (χ4v) is 2.99. The van der Waals surface area contributed by atoms with Gasteiger partial charge in [0.15, 0.2) is 0 Å². The van der Waals surface area contributed by atoms with E-state index in [9.17, 15) is 0 Å². The van der Waals surface area contributed by atoms with E-state index < -0.39 is 0 Å². The summed E-state index contributed by atoms with van der Waals surface area (Å²) in [6, 6.07) is 4.73. The van der Waals surface area contributed by atoms with Gasteiger partial charge in [0, 0.05) is 38.8 Å². The Hall–Kier alpha value is -0.840. The lowest BCUT2D eigenvalue weighted by Gasteiger charge is -2.35. The SMILES string of the molecule is CCCN1CCN(c2ccc(Cl)c(CNC3CC3)n2)CC1. The van der Waals surface area contributed by atoms with Gasteiger partial charge in [0.1, 0.15) is 5.82 Å². The standard InChI is InChI=1S/C16H25ClN4/c1-2-7-20-8-10-21(11-9-20)16-6-5-14(17)15(19-16)12-18-13-3-4-13/h5-6,13,18H,2-4,7-12H2,1H3. The third-order valence-corrected chi connectivity index (χ3v) is 4.62. The lowest BCUT2D eigenvalue weighted by atomic mass is 10.2. The largest absolute Gasteiger partial charge is 0.354 e. The highest BCUT2D eigenvalue weighted by atomic mass is 35.5. The number of aromatic nitrogens is 1. The van der Waals surface area contributed by atoms with Gasteiger partial charge < -0.3 is 10.2 Å². The van der Waals surface area contributed by atoms with E-state index in [0.717, 1.165) is 49.3 Å². The fourth-order valence-electron chi connectivity index (χ4n) is 2.82. The fraction of sp³-hybridized carbons (Fsp3) is 0.688. The van der Waals surface area contributed by atoms with Crippen molar-refractivity contribution in [2.45, 2.75) is 38.8 Å². The van der Waals surface area contributed by atoms with Gasteiger partial charge in [0.2, 0.25) is 0 Å². The van der Waals surface area contributed by atoms with E-state index in [1.807, 2.05) is 6.07 Å². The molecule has 2 heterocycles. The number of hydrogen-bond donors (Lipinski definition) is 1. The summed E-state index contributed by atoms with van der Waals surface area (Å²) in [6.07, 6.45) is 3.81. The third kappa shape index (κ3) is 4.09. The van der Waals surface area contributed by atoms with Crippen LogP contribution in [-0.2, 0) is 6.54 Å². The van der Waals surface area contributed by atoms with Gasteiger partial charge in [-0.15, -0.1) is 0 Å². The second-order valence-corrected chi connectivity index (χ2v) is 6.49. The number of anilines is 1. The summed E-state index contributed by atoms with van der Waals surface area (Å²) < 4.78 is 0. The van der Waals surface area contributed by atoms with Crippen LogP contribution in [0.4, 0.5) is 5.82 Å². The van der Waals surface area contributed by atoms with Gasteiger partial charge in [0.05, 0.1) is 10.7 Å². The van der Waals surface area contributed by atoms with Crippen molar-refractivity contribution in [3.63, 3.8) is 0 Å². The summed E-state index contributed by atoms with van der Waals surface area (Å²) in [6.45, 7) is 8.62. The van der Waals surface area contributed by atoms with E-state index in [1.165, 1.54) is 25.8 Å². The van der Waals surface area contributed by atoms with Gasteiger partial charge in [0.25, 0.3) is 0 Å². The van der Waals surface area contributed by atoms with E-state index >= 15 is 0 Å². The van der Waals surface area contributed by atoms with Crippen molar-refractivity contribution in [1.82, 2.24) is 15.2 Å². The highest BCUT2D eigenvalue weighted by molar-refractivity contribution is 6.31. The molecule has 2 aliphatic rings. The first-order valence-electron chi connectivity index (χ1n) is 8.12. The molecule has 116 valence electrons. The van der Waals surface area contributed by atoms with Crippen LogP contribution in [0.5, 0.6) is 0 Å². The first kappa shape index (κ1) is 15.1. The summed E-state index contributed by atoms with van der Waals surface area (Å²) in [7, 11) is 0. The van der Waals surface area contributed by atoms with E-state index in [4.69, 9.17) is 16.6 Å². The van der Waals surface area contributed by atoms with Crippen LogP contribution in [0, 0.1) is 0 Å². The molecule has 0 atom stereocenters. The molecule has 1 saturated carbocycles. The zero-order valence-electron chi connectivity index (χ0n) is 12.8. The third-order valence-electron chi connectivity index (χ3n) is 4.28. The Morgan fingerprint density at radius 3 is 2.67 bits per heavy atom. The molecular weight excluding hydrogens is 284 g/mol. The van der Waals surface area contributed by atoms with Crippen molar-refractivity contribution < 1.29 is 0 Å². The Balaban J connectivity index is 1.60. The molecule has 5 heteroatoms. The number of hydrogen-bond acceptors (Lipinski definition) is 4. The second-order valence-electron chi connectivity index (χ2n) is 6.08. The average Bonchev–Trinajstić information content (AvgIpc) is 3.32. The predicted molar refractivity (Wildman–Crippen MR) is 88.1 cm³/mol. The maximum atomic E-state index is 6.27. The van der Waals surface area contributed by atoms with Gasteiger partial charge in [-0.05, 0) is 37.9 Å². The van der Waals surface area contributed by atoms with Gasteiger partial charge in [-0.2, -0.15) is 0 Å². The Morgan fingerprint density at radius 1 is 1.24 bits per heavy atom. The Labute approximate surface area is 132 Å². The van der Waals surface area contributed by atoms with Crippen molar-refractivity contribution in [3.8, 4) is 0 Å². The molecule has 1 N–H and O–H groups in total. The van der Waals surface area contributed by atoms with Crippen LogP contribution in [0.25, 0.3) is 0 Å². The molecule has 1 aliphatic carbocycles. The molecular formula is C16H25ClN4. The number of nitrogens with one attached hydrogen (secondary N) is 1. The number of piperazine rings is 1. The zero-order chi connectivity index (χ0) is 14.7. The molecule has 4 nitrogen and oxygen atoms in total. The molecule has 1 aromatic rings. The zero-order valence-corrected chi connectivity index (χ0v) is 13.6. The minimum absolute atomic E-state index is 0.684. The first-order chi connectivity index (χ1) is 10.3. The van der Waals surface area contributed by atoms with Crippen LogP contribution in [0.2, 0.25) is 5.02 Å². The van der Waals surface area contributed by atoms with Crippen molar-refractivity contribution >= 4 is 17.4 Å². The van der Waals surface area contributed by atoms with Crippen LogP contribution in [0.3, 0.4) is 0 Å². The molecule has 21 heavy (non-hydrogen) atoms. The van der Waals surface area contributed by atoms with Crippen molar-refractivity contribution in [3.05, 3.63) is 22.8 Å². The molecule has 0 amide bonds. The summed E-state index contributed by atoms with van der Waals surface area (Å²) in [5, 5.41) is 4.27. The van der Waals surface area contributed by atoms with Gasteiger partial charge >= 0.3 is 0 Å². The normalized spacial score (nSPS) is 20.0. The summed E-state index contributed by atoms with van der Waals surface area (Å²) in [4.78, 5) is 9.69. The second kappa shape index (κ2) is 6.95. The highest BCUT2D eigenvalue weighted by Crippen LogP contribution is 2.23. The minimum Gasteiger partial charge on any atom is -0.354 e. The quantitative estimate of drug-likeness (QED) is 0.875. The van der Waals surface area contributed by atoms with Crippen LogP contribution >= 0.6 is 11.6 Å². The molecule has 0 unspecified atom stereocenters.